The average molecular weight is 770 g/mol. The van der Waals surface area contributed by atoms with E-state index < -0.39 is 67.1 Å². The van der Waals surface area contributed by atoms with Crippen molar-refractivity contribution >= 4 is 58.7 Å². The molecule has 0 spiro atoms. The van der Waals surface area contributed by atoms with Crippen LogP contribution >= 0.6 is 35.7 Å². The summed E-state index contributed by atoms with van der Waals surface area (Å²) in [7, 11) is -16.3. The van der Waals surface area contributed by atoms with E-state index in [9.17, 15) is 38.3 Å². The molecule has 29 heteroatoms. The maximum absolute atomic E-state index is 12.5. The summed E-state index contributed by atoms with van der Waals surface area (Å²) in [5.74, 6) is -0.728. The second kappa shape index (κ2) is 18.3. The molecule has 0 radical (unpaired) electrons. The molecule has 0 aliphatic carbocycles. The fourth-order valence-electron chi connectivity index (χ4n) is 3.99. The summed E-state index contributed by atoms with van der Waals surface area (Å²) >= 11 is 5.15. The summed E-state index contributed by atoms with van der Waals surface area (Å²) in [5.41, 5.74) is 7.49. The minimum atomic E-state index is -6.16. The van der Waals surface area contributed by atoms with Crippen LogP contribution in [0.5, 0.6) is 0 Å². The number of aromatic amines is 1. The largest absolute Gasteiger partial charge is 1.00 e. The average Bonchev–Trinajstić information content (AvgIpc) is 3.53. The summed E-state index contributed by atoms with van der Waals surface area (Å²) in [6, 6.07) is 1.75. The van der Waals surface area contributed by atoms with Crippen molar-refractivity contribution in [1.29, 1.82) is 0 Å². The van der Waals surface area contributed by atoms with Crippen LogP contribution in [-0.4, -0.2) is 76.7 Å². The normalized spacial score (nSPS) is 23.0. The Morgan fingerprint density at radius 1 is 1.21 bits per heavy atom. The number of anilines is 1. The summed E-state index contributed by atoms with van der Waals surface area (Å²) < 4.78 is 59.7. The van der Waals surface area contributed by atoms with Crippen LogP contribution in [0.2, 0.25) is 0 Å². The zero-order chi connectivity index (χ0) is 32.6. The minimum Gasteiger partial charge on any atom is -0.756 e. The first-order valence-corrected chi connectivity index (χ1v) is 16.8. The zero-order valence-electron chi connectivity index (χ0n) is 25.4. The second-order valence-corrected chi connectivity index (χ2v) is 13.8. The van der Waals surface area contributed by atoms with Crippen LogP contribution in [0, 0.1) is 11.6 Å². The number of carbonyl (C=O) groups is 1. The molecule has 3 aromatic heterocycles. The van der Waals surface area contributed by atoms with E-state index >= 15 is 0 Å². The van der Waals surface area contributed by atoms with Crippen LogP contribution in [0.15, 0.2) is 12.4 Å². The predicted molar refractivity (Wildman–Crippen MR) is 140 cm³/mol. The Labute approximate surface area is 336 Å². The van der Waals surface area contributed by atoms with Gasteiger partial charge in [-0.15, -0.1) is 0 Å². The summed E-state index contributed by atoms with van der Waals surface area (Å²) in [5, 5.41) is 17.8. The van der Waals surface area contributed by atoms with Crippen molar-refractivity contribution in [2.45, 2.75) is 38.0 Å². The molecule has 0 saturated carbocycles. The Hall–Kier alpha value is 0.540. The van der Waals surface area contributed by atoms with Crippen molar-refractivity contribution in [2.75, 3.05) is 18.9 Å². The number of carbonyl (C=O) groups excluding carboxylic acids is 1. The molecule has 7 atom stereocenters. The molecule has 1 aliphatic rings. The van der Waals surface area contributed by atoms with Gasteiger partial charge < -0.3 is 54.7 Å². The third kappa shape index (κ3) is 12.6. The number of hydrogen-bond donors (Lipinski definition) is 5. The number of phosphoric acid groups is 3. The summed E-state index contributed by atoms with van der Waals surface area (Å²) in [4.78, 5) is 65.9. The molecule has 1 saturated heterocycles. The number of amides is 1. The third-order valence-corrected chi connectivity index (χ3v) is 9.87. The number of imidazole rings is 1. The Morgan fingerprint density at radius 3 is 2.47 bits per heavy atom. The van der Waals surface area contributed by atoms with Gasteiger partial charge in [-0.1, -0.05) is 12.2 Å². The van der Waals surface area contributed by atoms with Gasteiger partial charge in [-0.3, -0.25) is 27.7 Å². The fraction of sp³-hybridized carbons (Fsp3) is 0.500. The maximum atomic E-state index is 12.5. The third-order valence-electron chi connectivity index (χ3n) is 5.89. The monoisotopic (exact) mass is 770 g/mol. The molecule has 47 heavy (non-hydrogen) atoms. The smallest absolute Gasteiger partial charge is 0.756 e. The number of aryl methyl sites for hydroxylation is 2. The van der Waals surface area contributed by atoms with Crippen molar-refractivity contribution in [1.82, 2.24) is 34.6 Å². The van der Waals surface area contributed by atoms with Gasteiger partial charge in [-0.25, -0.2) is 18.6 Å². The molecule has 1 aliphatic heterocycles. The van der Waals surface area contributed by atoms with E-state index in [4.69, 9.17) is 32.3 Å². The number of ether oxygens (including phenoxy) is 2. The van der Waals surface area contributed by atoms with Gasteiger partial charge in [0.25, 0.3) is 23.5 Å². The van der Waals surface area contributed by atoms with E-state index in [1.54, 1.807) is 17.8 Å². The van der Waals surface area contributed by atoms with Crippen LogP contribution in [0.25, 0.3) is 11.2 Å². The van der Waals surface area contributed by atoms with Crippen LogP contribution in [0.3, 0.4) is 0 Å². The van der Waals surface area contributed by atoms with Crippen LogP contribution in [-0.2, 0) is 54.7 Å². The Balaban J connectivity index is 0.00000368. The molecule has 1 fully saturated rings. The molecule has 4 heterocycles. The van der Waals surface area contributed by atoms with Gasteiger partial charge in [0.2, 0.25) is 5.91 Å². The number of nitrogens with one attached hydrogen (secondary N) is 2. The Morgan fingerprint density at radius 2 is 1.87 bits per heavy atom. The van der Waals surface area contributed by atoms with E-state index in [1.165, 1.54) is 10.9 Å². The molecule has 0 bridgehead atoms. The van der Waals surface area contributed by atoms with Gasteiger partial charge in [-0.05, 0) is 13.0 Å². The number of aliphatic hydroxyl groups is 1. The van der Waals surface area contributed by atoms with Crippen LogP contribution in [0.1, 0.15) is 17.6 Å². The number of aromatic nitrogens is 6. The zero-order valence-corrected chi connectivity index (χ0v) is 34.9. The van der Waals surface area contributed by atoms with Crippen molar-refractivity contribution in [3.63, 3.8) is 0 Å². The molecule has 22 nitrogen and oxygen atoms in total. The van der Waals surface area contributed by atoms with Gasteiger partial charge in [0.05, 0.1) is 25.2 Å². The van der Waals surface area contributed by atoms with E-state index in [2.05, 4.69) is 38.5 Å². The number of nitrogens with zero attached hydrogens (tertiary/aromatic N) is 5. The number of aliphatic hydroxyl groups excluding tert-OH is 1. The fourth-order valence-corrected chi connectivity index (χ4v) is 7.14. The molecule has 4 rings (SSSR count). The first-order chi connectivity index (χ1) is 20.3. The summed E-state index contributed by atoms with van der Waals surface area (Å²) in [6.45, 7) is 0.157. The van der Waals surface area contributed by atoms with Gasteiger partial charge in [-0.2, -0.15) is 5.10 Å². The number of phosphoric ester groups is 1. The van der Waals surface area contributed by atoms with Crippen LogP contribution in [0.4, 0.5) is 5.95 Å². The van der Waals surface area contributed by atoms with Gasteiger partial charge in [0, 0.05) is 12.7 Å². The molecule has 4 unspecified atom stereocenters. The van der Waals surface area contributed by atoms with Crippen molar-refractivity contribution in [2.24, 2.45) is 7.05 Å². The number of fused-ring (bicyclic) bond motifs is 1. The van der Waals surface area contributed by atoms with Gasteiger partial charge in [0.15, 0.2) is 16.8 Å². The van der Waals surface area contributed by atoms with Gasteiger partial charge in [0.1, 0.15) is 36.1 Å². The van der Waals surface area contributed by atoms with E-state index in [0.717, 1.165) is 5.69 Å². The van der Waals surface area contributed by atoms with Crippen molar-refractivity contribution in [3.05, 3.63) is 28.4 Å². The van der Waals surface area contributed by atoms with E-state index in [0.29, 0.717) is 5.69 Å². The first kappa shape index (κ1) is 45.6. The van der Waals surface area contributed by atoms with Crippen molar-refractivity contribution in [3.8, 4) is 0 Å². The predicted octanol–water partition coefficient (Wildman–Crippen LogP) is -11.5. The van der Waals surface area contributed by atoms with Crippen molar-refractivity contribution < 1.29 is 154 Å². The van der Waals surface area contributed by atoms with Crippen LogP contribution < -0.4 is 114 Å². The molecule has 6 N–H and O–H groups in total. The number of H-pyrrole nitrogens is 1. The minimum absolute atomic E-state index is 0. The van der Waals surface area contributed by atoms with E-state index in [-0.39, 0.29) is 117 Å². The van der Waals surface area contributed by atoms with Gasteiger partial charge >= 0.3 is 88.7 Å². The molecular formula is C18H24N8Na3O14P3S. The maximum Gasteiger partial charge on any atom is 1.00 e. The summed E-state index contributed by atoms with van der Waals surface area (Å²) in [6.07, 6.45) is -4.88. The number of rotatable bonds is 13. The SMILES string of the molecule is Cc1cc(CNC(=O)COC2[C@@H](O)[C@@H](COP(=O)([O-])OP(=O)([O-])OP(=O)([O-])O)O[C@H]2n2cnc3c(=S)nc(N)[nH]c32)nn1C.[Na+].[Na+].[Na+]. The molecule has 244 valence electrons. The number of nitrogen functional groups attached to an aromatic ring is 1. The topological polar surface area (TPSA) is 326 Å². The molecule has 1 amide bonds. The number of hydrogen-bond acceptors (Lipinski definition) is 18. The Bertz CT molecular complexity index is 1740. The second-order valence-electron chi connectivity index (χ2n) is 9.11. The molecular weight excluding hydrogens is 746 g/mol. The standard InChI is InChI=1S/C18H27N8O14P3S.3Na/c1-8-3-9(24-25(8)2)4-20-11(27)6-36-14-13(28)10(5-37-42(32,33)40-43(34,35)39-41(29,30)31)38-17(14)26-7-21-12-15(26)22-18(19)23-16(12)44;;;/h3,7,10,13-14,17,28H,4-6H2,1-2H3,(H,20,27)(H,32,33)(H,34,35)(H2,29,30,31)(H3,19,22,23,44);;;/q;3*+1/p-3/t10-,13+,14?,17-;;;/m1.../s1. The quantitative estimate of drug-likeness (QED) is 0.0612. The molecule has 0 aromatic carbocycles. The van der Waals surface area contributed by atoms with E-state index in [1.807, 2.05) is 6.92 Å². The first-order valence-electron chi connectivity index (χ1n) is 12.0. The Kier molecular flexibility index (Phi) is 17.8. The molecule has 3 aromatic rings. The number of nitrogens with two attached hydrogens (primary N) is 1.